The topological polar surface area (TPSA) is 51.2 Å². The van der Waals surface area contributed by atoms with Crippen LogP contribution in [0, 0.1) is 23.5 Å². The van der Waals surface area contributed by atoms with Crippen LogP contribution in [-0.4, -0.2) is 23.8 Å². The standard InChI is InChI=1S/C15H12F4N2O2S/c1-23-10(22)7-24-6-8-3-2-4-9(5-8)20-13-11(16)14(18)21-15(19)12(13)17/h2-5H,6-7H2,1H3,(H,20,21). The van der Waals surface area contributed by atoms with Gasteiger partial charge < -0.3 is 10.1 Å². The predicted octanol–water partition coefficient (Wildman–Crippen LogP) is 3.79. The summed E-state index contributed by atoms with van der Waals surface area (Å²) in [6.07, 6.45) is 0. The summed E-state index contributed by atoms with van der Waals surface area (Å²) in [4.78, 5) is 13.5. The molecule has 0 amide bonds. The number of thioether (sulfide) groups is 1. The van der Waals surface area contributed by atoms with E-state index < -0.39 is 29.2 Å². The van der Waals surface area contributed by atoms with Gasteiger partial charge in [0.2, 0.25) is 11.6 Å². The van der Waals surface area contributed by atoms with E-state index in [1.165, 1.54) is 24.9 Å². The predicted molar refractivity (Wildman–Crippen MR) is 82.0 cm³/mol. The third kappa shape index (κ3) is 4.38. The van der Waals surface area contributed by atoms with Gasteiger partial charge in [0.25, 0.3) is 11.9 Å². The highest BCUT2D eigenvalue weighted by Gasteiger charge is 2.20. The number of carbonyl (C=O) groups is 1. The van der Waals surface area contributed by atoms with Crippen molar-refractivity contribution in [1.82, 2.24) is 4.98 Å². The second-order valence-electron chi connectivity index (χ2n) is 4.59. The van der Waals surface area contributed by atoms with E-state index in [1.54, 1.807) is 18.2 Å². The maximum Gasteiger partial charge on any atom is 0.315 e. The average Bonchev–Trinajstić information content (AvgIpc) is 2.57. The second-order valence-corrected chi connectivity index (χ2v) is 5.58. The molecule has 0 unspecified atom stereocenters. The number of rotatable bonds is 6. The second kappa shape index (κ2) is 8.00. The quantitative estimate of drug-likeness (QED) is 0.483. The van der Waals surface area contributed by atoms with Gasteiger partial charge in [-0.15, -0.1) is 11.8 Å². The molecule has 2 aromatic rings. The van der Waals surface area contributed by atoms with E-state index in [4.69, 9.17) is 0 Å². The van der Waals surface area contributed by atoms with Crippen molar-refractivity contribution < 1.29 is 27.1 Å². The van der Waals surface area contributed by atoms with E-state index in [9.17, 15) is 22.4 Å². The zero-order valence-electron chi connectivity index (χ0n) is 12.4. The van der Waals surface area contributed by atoms with Gasteiger partial charge in [-0.2, -0.15) is 22.5 Å². The molecular weight excluding hydrogens is 348 g/mol. The first-order chi connectivity index (χ1) is 11.4. The molecule has 0 radical (unpaired) electrons. The Kier molecular flexibility index (Phi) is 6.02. The number of aromatic nitrogens is 1. The Bertz CT molecular complexity index is 732. The molecule has 0 atom stereocenters. The Hall–Kier alpha value is -2.29. The lowest BCUT2D eigenvalue weighted by Crippen LogP contribution is -2.06. The summed E-state index contributed by atoms with van der Waals surface area (Å²) < 4.78 is 57.9. The Morgan fingerprint density at radius 3 is 2.50 bits per heavy atom. The zero-order valence-corrected chi connectivity index (χ0v) is 13.2. The minimum absolute atomic E-state index is 0.151. The lowest BCUT2D eigenvalue weighted by molar-refractivity contribution is -0.137. The van der Waals surface area contributed by atoms with Crippen molar-refractivity contribution in [3.63, 3.8) is 0 Å². The molecule has 0 aliphatic rings. The number of nitrogens with zero attached hydrogens (tertiary/aromatic N) is 1. The molecule has 2 rings (SSSR count). The first kappa shape index (κ1) is 18.1. The molecule has 0 saturated carbocycles. The molecular formula is C15H12F4N2O2S. The van der Waals surface area contributed by atoms with Gasteiger partial charge in [-0.25, -0.2) is 0 Å². The van der Waals surface area contributed by atoms with E-state index in [1.807, 2.05) is 0 Å². The number of benzene rings is 1. The smallest absolute Gasteiger partial charge is 0.315 e. The summed E-state index contributed by atoms with van der Waals surface area (Å²) in [5, 5.41) is 2.30. The molecule has 0 fully saturated rings. The Balaban J connectivity index is 2.14. The van der Waals surface area contributed by atoms with E-state index in [2.05, 4.69) is 15.0 Å². The van der Waals surface area contributed by atoms with Gasteiger partial charge >= 0.3 is 5.97 Å². The third-order valence-corrected chi connectivity index (χ3v) is 3.89. The Morgan fingerprint density at radius 1 is 1.21 bits per heavy atom. The maximum absolute atomic E-state index is 13.6. The molecule has 4 nitrogen and oxygen atoms in total. The van der Waals surface area contributed by atoms with Crippen LogP contribution in [0.15, 0.2) is 24.3 Å². The van der Waals surface area contributed by atoms with Crippen molar-refractivity contribution in [2.75, 3.05) is 18.2 Å². The highest BCUT2D eigenvalue weighted by atomic mass is 32.2. The van der Waals surface area contributed by atoms with Crippen LogP contribution in [0.2, 0.25) is 0 Å². The molecule has 1 heterocycles. The molecule has 128 valence electrons. The zero-order chi connectivity index (χ0) is 17.7. The number of carbonyl (C=O) groups excluding carboxylic acids is 1. The van der Waals surface area contributed by atoms with Crippen LogP contribution in [0.25, 0.3) is 0 Å². The lowest BCUT2D eigenvalue weighted by atomic mass is 10.2. The van der Waals surface area contributed by atoms with Gasteiger partial charge in [0.05, 0.1) is 12.9 Å². The van der Waals surface area contributed by atoms with E-state index in [0.29, 0.717) is 5.75 Å². The molecule has 1 aromatic carbocycles. The first-order valence-corrected chi connectivity index (χ1v) is 7.78. The number of nitrogens with one attached hydrogen (secondary N) is 1. The van der Waals surface area contributed by atoms with Crippen LogP contribution in [0.3, 0.4) is 0 Å². The summed E-state index contributed by atoms with van der Waals surface area (Å²) in [5.41, 5.74) is 0.0121. The van der Waals surface area contributed by atoms with Crippen molar-refractivity contribution in [2.45, 2.75) is 5.75 Å². The third-order valence-electron chi connectivity index (χ3n) is 2.91. The van der Waals surface area contributed by atoms with Gasteiger partial charge in [-0.1, -0.05) is 12.1 Å². The number of esters is 1. The molecule has 0 bridgehead atoms. The summed E-state index contributed by atoms with van der Waals surface area (Å²) in [7, 11) is 1.28. The molecule has 1 N–H and O–H groups in total. The van der Waals surface area contributed by atoms with E-state index in [-0.39, 0.29) is 17.4 Å². The number of pyridine rings is 1. The van der Waals surface area contributed by atoms with E-state index >= 15 is 0 Å². The minimum atomic E-state index is -1.74. The minimum Gasteiger partial charge on any atom is -0.468 e. The van der Waals surface area contributed by atoms with Gasteiger partial charge in [0.15, 0.2) is 0 Å². The van der Waals surface area contributed by atoms with Gasteiger partial charge in [0, 0.05) is 11.4 Å². The fourth-order valence-electron chi connectivity index (χ4n) is 1.79. The fourth-order valence-corrected chi connectivity index (χ4v) is 2.59. The molecule has 1 aromatic heterocycles. The molecule has 0 saturated heterocycles. The number of hydrogen-bond donors (Lipinski definition) is 1. The molecule has 0 aliphatic carbocycles. The van der Waals surface area contributed by atoms with Crippen molar-refractivity contribution in [2.24, 2.45) is 0 Å². The van der Waals surface area contributed by atoms with Crippen molar-refractivity contribution in [1.29, 1.82) is 0 Å². The molecule has 0 spiro atoms. The number of hydrogen-bond acceptors (Lipinski definition) is 5. The van der Waals surface area contributed by atoms with Crippen molar-refractivity contribution in [3.05, 3.63) is 53.4 Å². The monoisotopic (exact) mass is 360 g/mol. The number of methoxy groups -OCH3 is 1. The lowest BCUT2D eigenvalue weighted by Gasteiger charge is -2.10. The van der Waals surface area contributed by atoms with Crippen LogP contribution in [-0.2, 0) is 15.3 Å². The highest BCUT2D eigenvalue weighted by Crippen LogP contribution is 2.26. The average molecular weight is 360 g/mol. The number of halogens is 4. The molecule has 0 aliphatic heterocycles. The highest BCUT2D eigenvalue weighted by molar-refractivity contribution is 7.99. The van der Waals surface area contributed by atoms with Gasteiger partial charge in [-0.3, -0.25) is 4.79 Å². The van der Waals surface area contributed by atoms with Crippen LogP contribution in [0.4, 0.5) is 28.9 Å². The summed E-state index contributed by atoms with van der Waals surface area (Å²) in [6.45, 7) is 0. The van der Waals surface area contributed by atoms with Crippen LogP contribution in [0.1, 0.15) is 5.56 Å². The SMILES string of the molecule is COC(=O)CSCc1cccc(Nc2c(F)c(F)nc(F)c2F)c1. The maximum atomic E-state index is 13.6. The Morgan fingerprint density at radius 2 is 1.88 bits per heavy atom. The van der Waals surface area contributed by atoms with Gasteiger partial charge in [-0.05, 0) is 17.7 Å². The van der Waals surface area contributed by atoms with Crippen LogP contribution < -0.4 is 5.32 Å². The largest absolute Gasteiger partial charge is 0.468 e. The van der Waals surface area contributed by atoms with Crippen LogP contribution >= 0.6 is 11.8 Å². The summed E-state index contributed by atoms with van der Waals surface area (Å²) in [6, 6.07) is 6.35. The summed E-state index contributed by atoms with van der Waals surface area (Å²) >= 11 is 1.28. The number of anilines is 2. The fraction of sp³-hybridized carbons (Fsp3) is 0.200. The molecule has 9 heteroatoms. The number of ether oxygens (including phenoxy) is 1. The van der Waals surface area contributed by atoms with Gasteiger partial charge in [0.1, 0.15) is 5.69 Å². The van der Waals surface area contributed by atoms with E-state index in [0.717, 1.165) is 5.56 Å². The normalized spacial score (nSPS) is 10.5. The van der Waals surface area contributed by atoms with Crippen molar-refractivity contribution in [3.8, 4) is 0 Å². The Labute approximate surface area is 139 Å². The first-order valence-electron chi connectivity index (χ1n) is 6.63. The van der Waals surface area contributed by atoms with Crippen molar-refractivity contribution >= 4 is 29.1 Å². The molecule has 24 heavy (non-hydrogen) atoms. The van der Waals surface area contributed by atoms with Crippen LogP contribution in [0.5, 0.6) is 0 Å². The summed E-state index contributed by atoms with van der Waals surface area (Å²) in [5.74, 6) is -6.48.